The minimum absolute atomic E-state index is 0. The zero-order valence-electron chi connectivity index (χ0n) is 14.2. The highest BCUT2D eigenvalue weighted by Gasteiger charge is 2.19. The lowest BCUT2D eigenvalue weighted by atomic mass is 10.2. The molecular formula is C16H25FIN3O2S2. The summed E-state index contributed by atoms with van der Waals surface area (Å²) < 4.78 is 38.1. The van der Waals surface area contributed by atoms with Gasteiger partial charge in [-0.2, -0.15) is 11.8 Å². The van der Waals surface area contributed by atoms with E-state index in [0.29, 0.717) is 17.8 Å². The van der Waals surface area contributed by atoms with Crippen LogP contribution < -0.4 is 10.6 Å². The first kappa shape index (κ1) is 22.5. The van der Waals surface area contributed by atoms with Crippen LogP contribution in [0, 0.1) is 5.82 Å². The Labute approximate surface area is 170 Å². The molecule has 1 atom stereocenters. The molecule has 1 aromatic carbocycles. The Kier molecular flexibility index (Phi) is 10.1. The average Bonchev–Trinajstić information content (AvgIpc) is 3.06. The third-order valence-corrected chi connectivity index (χ3v) is 6.78. The van der Waals surface area contributed by atoms with Gasteiger partial charge in [-0.05, 0) is 37.7 Å². The van der Waals surface area contributed by atoms with Crippen molar-refractivity contribution in [3.05, 3.63) is 30.1 Å². The Morgan fingerprint density at radius 3 is 2.76 bits per heavy atom. The van der Waals surface area contributed by atoms with Crippen LogP contribution in [0.2, 0.25) is 0 Å². The highest BCUT2D eigenvalue weighted by Crippen LogP contribution is 2.26. The molecule has 2 N–H and O–H groups in total. The molecule has 1 aliphatic rings. The first-order valence-corrected chi connectivity index (χ1v) is 10.8. The van der Waals surface area contributed by atoms with E-state index in [0.717, 1.165) is 12.6 Å². The summed E-state index contributed by atoms with van der Waals surface area (Å²) in [4.78, 5) is 4.26. The maximum absolute atomic E-state index is 13.6. The lowest BCUT2D eigenvalue weighted by molar-refractivity contribution is 0.566. The highest BCUT2D eigenvalue weighted by molar-refractivity contribution is 14.0. The topological polar surface area (TPSA) is 70.6 Å². The van der Waals surface area contributed by atoms with Crippen molar-refractivity contribution >= 4 is 51.5 Å². The van der Waals surface area contributed by atoms with E-state index >= 15 is 0 Å². The molecule has 1 saturated heterocycles. The van der Waals surface area contributed by atoms with Crippen molar-refractivity contribution in [2.45, 2.75) is 29.9 Å². The lowest BCUT2D eigenvalue weighted by Gasteiger charge is -2.13. The molecule has 0 aliphatic carbocycles. The minimum atomic E-state index is -3.66. The fourth-order valence-electron chi connectivity index (χ4n) is 2.43. The van der Waals surface area contributed by atoms with Crippen molar-refractivity contribution in [3.63, 3.8) is 0 Å². The number of nitrogens with zero attached hydrogens (tertiary/aromatic N) is 1. The number of sulfone groups is 1. The summed E-state index contributed by atoms with van der Waals surface area (Å²) in [7, 11) is -3.66. The van der Waals surface area contributed by atoms with Gasteiger partial charge in [-0.1, -0.05) is 12.1 Å². The first-order valence-electron chi connectivity index (χ1n) is 8.14. The van der Waals surface area contributed by atoms with Gasteiger partial charge in [-0.15, -0.1) is 24.0 Å². The smallest absolute Gasteiger partial charge is 0.191 e. The summed E-state index contributed by atoms with van der Waals surface area (Å²) in [6.07, 6.45) is 2.41. The van der Waals surface area contributed by atoms with Crippen LogP contribution in [-0.4, -0.2) is 50.8 Å². The van der Waals surface area contributed by atoms with Gasteiger partial charge in [0.05, 0.1) is 12.3 Å². The molecule has 0 spiro atoms. The van der Waals surface area contributed by atoms with Gasteiger partial charge < -0.3 is 10.6 Å². The fourth-order valence-corrected chi connectivity index (χ4v) is 4.86. The first-order chi connectivity index (χ1) is 11.5. The predicted molar refractivity (Wildman–Crippen MR) is 113 cm³/mol. The second-order valence-electron chi connectivity index (χ2n) is 5.53. The minimum Gasteiger partial charge on any atom is -0.357 e. The number of rotatable bonds is 7. The lowest BCUT2D eigenvalue weighted by Crippen LogP contribution is -2.40. The second-order valence-corrected chi connectivity index (χ2v) is 9.02. The van der Waals surface area contributed by atoms with E-state index < -0.39 is 15.7 Å². The number of aliphatic imine (C=N–C) groups is 1. The van der Waals surface area contributed by atoms with Crippen molar-refractivity contribution < 1.29 is 12.8 Å². The largest absolute Gasteiger partial charge is 0.357 e. The van der Waals surface area contributed by atoms with Gasteiger partial charge in [0, 0.05) is 18.3 Å². The molecule has 0 amide bonds. The molecule has 0 bridgehead atoms. The van der Waals surface area contributed by atoms with Crippen molar-refractivity contribution in [2.24, 2.45) is 4.99 Å². The Balaban J connectivity index is 0.00000312. The number of benzene rings is 1. The van der Waals surface area contributed by atoms with Gasteiger partial charge in [0.1, 0.15) is 10.7 Å². The van der Waals surface area contributed by atoms with Crippen LogP contribution >= 0.6 is 35.7 Å². The molecule has 0 aromatic heterocycles. The Morgan fingerprint density at radius 2 is 2.12 bits per heavy atom. The molecular weight excluding hydrogens is 476 g/mol. The molecule has 0 radical (unpaired) electrons. The number of nitrogens with one attached hydrogen (secondary N) is 2. The van der Waals surface area contributed by atoms with Crippen LogP contribution in [0.15, 0.2) is 34.2 Å². The normalized spacial score (nSPS) is 17.8. The summed E-state index contributed by atoms with van der Waals surface area (Å²) in [5, 5.41) is 6.67. The van der Waals surface area contributed by atoms with Gasteiger partial charge in [-0.3, -0.25) is 4.99 Å². The summed E-state index contributed by atoms with van der Waals surface area (Å²) in [6, 6.07) is 5.45. The molecule has 1 aliphatic heterocycles. The number of guanidine groups is 1. The van der Waals surface area contributed by atoms with Crippen molar-refractivity contribution in [1.82, 2.24) is 10.6 Å². The molecule has 1 fully saturated rings. The molecule has 5 nitrogen and oxygen atoms in total. The van der Waals surface area contributed by atoms with Gasteiger partial charge in [0.2, 0.25) is 0 Å². The Hall–Kier alpha value is -0.550. The zero-order chi connectivity index (χ0) is 17.4. The third kappa shape index (κ3) is 7.30. The van der Waals surface area contributed by atoms with Crippen molar-refractivity contribution in [2.75, 3.05) is 31.1 Å². The van der Waals surface area contributed by atoms with Crippen LogP contribution in [0.5, 0.6) is 0 Å². The van der Waals surface area contributed by atoms with Crippen molar-refractivity contribution in [1.29, 1.82) is 0 Å². The summed E-state index contributed by atoms with van der Waals surface area (Å²) in [5.74, 6) is 0.895. The summed E-state index contributed by atoms with van der Waals surface area (Å²) in [5.41, 5.74) is 0. The fraction of sp³-hybridized carbons (Fsp3) is 0.562. The van der Waals surface area contributed by atoms with E-state index in [1.807, 2.05) is 18.7 Å². The number of halogens is 2. The van der Waals surface area contributed by atoms with Crippen LogP contribution in [0.1, 0.15) is 19.8 Å². The summed E-state index contributed by atoms with van der Waals surface area (Å²) >= 11 is 1.93. The molecule has 1 heterocycles. The molecule has 25 heavy (non-hydrogen) atoms. The molecule has 1 unspecified atom stereocenters. The van der Waals surface area contributed by atoms with Crippen molar-refractivity contribution in [3.8, 4) is 0 Å². The predicted octanol–water partition coefficient (Wildman–Crippen LogP) is 2.67. The molecule has 2 rings (SSSR count). The van der Waals surface area contributed by atoms with E-state index in [1.54, 1.807) is 0 Å². The monoisotopic (exact) mass is 501 g/mol. The number of hydrogen-bond donors (Lipinski definition) is 2. The van der Waals surface area contributed by atoms with Crippen LogP contribution in [0.4, 0.5) is 4.39 Å². The van der Waals surface area contributed by atoms with Crippen LogP contribution in [0.3, 0.4) is 0 Å². The molecule has 9 heteroatoms. The molecule has 0 saturated carbocycles. The van der Waals surface area contributed by atoms with Gasteiger partial charge >= 0.3 is 0 Å². The zero-order valence-corrected chi connectivity index (χ0v) is 18.2. The molecule has 1 aromatic rings. The maximum Gasteiger partial charge on any atom is 0.191 e. The van der Waals surface area contributed by atoms with Gasteiger partial charge in [-0.25, -0.2) is 12.8 Å². The molecule has 142 valence electrons. The van der Waals surface area contributed by atoms with E-state index in [1.165, 1.54) is 36.8 Å². The quantitative estimate of drug-likeness (QED) is 0.342. The highest BCUT2D eigenvalue weighted by atomic mass is 127. The van der Waals surface area contributed by atoms with Crippen LogP contribution in [-0.2, 0) is 9.84 Å². The number of hydrogen-bond acceptors (Lipinski definition) is 4. The van der Waals surface area contributed by atoms with E-state index in [9.17, 15) is 12.8 Å². The van der Waals surface area contributed by atoms with E-state index in [4.69, 9.17) is 0 Å². The third-order valence-electron chi connectivity index (χ3n) is 3.66. The van der Waals surface area contributed by atoms with E-state index in [-0.39, 0.29) is 41.2 Å². The van der Waals surface area contributed by atoms with E-state index in [2.05, 4.69) is 15.6 Å². The standard InChI is InChI=1S/C16H24FN3O2S2.HI/c1-2-18-16(20-12-13-6-5-10-23-13)19-9-11-24(21,22)15-8-4-3-7-14(15)17;/h3-4,7-8,13H,2,5-6,9-12H2,1H3,(H2,18,19,20);1H. The Morgan fingerprint density at radius 1 is 1.36 bits per heavy atom. The van der Waals surface area contributed by atoms with Crippen LogP contribution in [0.25, 0.3) is 0 Å². The van der Waals surface area contributed by atoms with Gasteiger partial charge in [0.15, 0.2) is 15.8 Å². The average molecular weight is 501 g/mol. The SMILES string of the molecule is CCNC(=NCC1CCCS1)NCCS(=O)(=O)c1ccccc1F.I. The van der Waals surface area contributed by atoms with Gasteiger partial charge in [0.25, 0.3) is 0 Å². The summed E-state index contributed by atoms with van der Waals surface area (Å²) in [6.45, 7) is 3.56. The number of thioether (sulfide) groups is 1. The maximum atomic E-state index is 13.6. The Bertz CT molecular complexity index is 665. The second kappa shape index (κ2) is 11.2.